The minimum atomic E-state index is 0.256. The van der Waals surface area contributed by atoms with Gasteiger partial charge in [0.1, 0.15) is 5.82 Å². The van der Waals surface area contributed by atoms with Crippen LogP contribution in [0.1, 0.15) is 17.8 Å². The first-order valence-corrected chi connectivity index (χ1v) is 9.22. The third-order valence-electron chi connectivity index (χ3n) is 5.29. The van der Waals surface area contributed by atoms with Crippen LogP contribution in [0.4, 0.5) is 0 Å². The summed E-state index contributed by atoms with van der Waals surface area (Å²) in [7, 11) is 2.02. The summed E-state index contributed by atoms with van der Waals surface area (Å²) < 4.78 is 2.05. The van der Waals surface area contributed by atoms with Gasteiger partial charge in [-0.15, -0.1) is 0 Å². The normalized spacial score (nSPS) is 15.7. The molecule has 6 nitrogen and oxygen atoms in total. The molecule has 0 bridgehead atoms. The Morgan fingerprint density at radius 2 is 2.00 bits per heavy atom. The molecule has 1 aliphatic heterocycles. The molecule has 0 unspecified atom stereocenters. The first kappa shape index (κ1) is 16.8. The fourth-order valence-electron chi connectivity index (χ4n) is 3.64. The number of nitrogens with one attached hydrogen (secondary N) is 1. The highest BCUT2D eigenvalue weighted by atomic mass is 16.2. The Hall–Kier alpha value is -2.60. The van der Waals surface area contributed by atoms with Gasteiger partial charge in [-0.2, -0.15) is 0 Å². The van der Waals surface area contributed by atoms with Gasteiger partial charge in [-0.1, -0.05) is 18.2 Å². The van der Waals surface area contributed by atoms with E-state index in [9.17, 15) is 4.79 Å². The highest BCUT2D eigenvalue weighted by Gasteiger charge is 2.21. The van der Waals surface area contributed by atoms with Gasteiger partial charge in [-0.05, 0) is 18.1 Å². The van der Waals surface area contributed by atoms with Crippen LogP contribution in [0.25, 0.3) is 10.9 Å². The molecule has 1 saturated heterocycles. The van der Waals surface area contributed by atoms with Crippen molar-refractivity contribution in [3.8, 4) is 0 Å². The standard InChI is InChI=1S/C20H25N5O/c1-23-9-8-21-19(23)15-24-10-12-25(13-11-24)20(26)7-6-16-14-22-18-5-3-2-4-17(16)18/h2-5,8-9,14,22H,6-7,10-13,15H2,1H3. The average molecular weight is 351 g/mol. The molecule has 1 aliphatic rings. The van der Waals surface area contributed by atoms with E-state index in [0.717, 1.165) is 50.5 Å². The van der Waals surface area contributed by atoms with E-state index in [1.54, 1.807) is 0 Å². The number of aromatic nitrogens is 3. The monoisotopic (exact) mass is 351 g/mol. The number of piperazine rings is 1. The van der Waals surface area contributed by atoms with Crippen molar-refractivity contribution >= 4 is 16.8 Å². The Bertz CT molecular complexity index is 888. The predicted octanol–water partition coefficient (Wildman–Crippen LogP) is 2.18. The molecule has 0 spiro atoms. The molecule has 136 valence electrons. The summed E-state index contributed by atoms with van der Waals surface area (Å²) in [5.41, 5.74) is 2.36. The van der Waals surface area contributed by atoms with Crippen LogP contribution in [0.2, 0.25) is 0 Å². The quantitative estimate of drug-likeness (QED) is 0.766. The van der Waals surface area contributed by atoms with Crippen molar-refractivity contribution in [2.75, 3.05) is 26.2 Å². The number of H-pyrrole nitrogens is 1. The van der Waals surface area contributed by atoms with Gasteiger partial charge in [-0.3, -0.25) is 9.69 Å². The van der Waals surface area contributed by atoms with Crippen molar-refractivity contribution in [1.82, 2.24) is 24.3 Å². The molecule has 4 rings (SSSR count). The van der Waals surface area contributed by atoms with Gasteiger partial charge >= 0.3 is 0 Å². The number of imidazole rings is 1. The molecule has 3 aromatic rings. The Morgan fingerprint density at radius 3 is 2.77 bits per heavy atom. The Labute approximate surface area is 153 Å². The summed E-state index contributed by atoms with van der Waals surface area (Å²) in [6, 6.07) is 8.25. The van der Waals surface area contributed by atoms with Crippen molar-refractivity contribution in [1.29, 1.82) is 0 Å². The van der Waals surface area contributed by atoms with Crippen LogP contribution in [0.15, 0.2) is 42.9 Å². The maximum atomic E-state index is 12.6. The molecule has 6 heteroatoms. The molecule has 1 amide bonds. The Kier molecular flexibility index (Phi) is 4.75. The summed E-state index contributed by atoms with van der Waals surface area (Å²) in [6.07, 6.45) is 7.19. The van der Waals surface area contributed by atoms with Gasteiger partial charge < -0.3 is 14.5 Å². The van der Waals surface area contributed by atoms with E-state index in [1.165, 1.54) is 10.9 Å². The molecule has 2 aromatic heterocycles. The van der Waals surface area contributed by atoms with E-state index in [1.807, 2.05) is 42.7 Å². The number of para-hydroxylation sites is 1. The summed E-state index contributed by atoms with van der Waals surface area (Å²) in [6.45, 7) is 4.27. The van der Waals surface area contributed by atoms with Crippen LogP contribution in [0.5, 0.6) is 0 Å². The summed E-state index contributed by atoms with van der Waals surface area (Å²) in [5.74, 6) is 1.33. The largest absolute Gasteiger partial charge is 0.361 e. The number of hydrogen-bond acceptors (Lipinski definition) is 3. The second-order valence-electron chi connectivity index (χ2n) is 6.97. The summed E-state index contributed by atoms with van der Waals surface area (Å²) >= 11 is 0. The van der Waals surface area contributed by atoms with E-state index >= 15 is 0 Å². The zero-order valence-electron chi connectivity index (χ0n) is 15.2. The van der Waals surface area contributed by atoms with E-state index in [4.69, 9.17) is 0 Å². The van der Waals surface area contributed by atoms with Crippen molar-refractivity contribution < 1.29 is 4.79 Å². The minimum absolute atomic E-state index is 0.256. The van der Waals surface area contributed by atoms with Crippen LogP contribution in [0.3, 0.4) is 0 Å². The van der Waals surface area contributed by atoms with E-state index in [0.29, 0.717) is 6.42 Å². The van der Waals surface area contributed by atoms with Crippen LogP contribution >= 0.6 is 0 Å². The van der Waals surface area contributed by atoms with E-state index in [2.05, 4.69) is 31.6 Å². The third kappa shape index (κ3) is 3.51. The highest BCUT2D eigenvalue weighted by molar-refractivity contribution is 5.84. The van der Waals surface area contributed by atoms with Crippen molar-refractivity contribution in [3.05, 3.63) is 54.2 Å². The molecule has 1 N–H and O–H groups in total. The van der Waals surface area contributed by atoms with Crippen molar-refractivity contribution in [2.45, 2.75) is 19.4 Å². The lowest BCUT2D eigenvalue weighted by atomic mass is 10.1. The highest BCUT2D eigenvalue weighted by Crippen LogP contribution is 2.19. The van der Waals surface area contributed by atoms with Crippen LogP contribution < -0.4 is 0 Å². The molecule has 0 atom stereocenters. The van der Waals surface area contributed by atoms with Gasteiger partial charge in [0, 0.05) is 69.1 Å². The summed E-state index contributed by atoms with van der Waals surface area (Å²) in [4.78, 5) is 24.6. The van der Waals surface area contributed by atoms with Gasteiger partial charge in [0.2, 0.25) is 5.91 Å². The number of amides is 1. The van der Waals surface area contributed by atoms with Crippen LogP contribution in [0, 0.1) is 0 Å². The molecule has 0 radical (unpaired) electrons. The maximum absolute atomic E-state index is 12.6. The van der Waals surface area contributed by atoms with E-state index < -0.39 is 0 Å². The fraction of sp³-hybridized carbons (Fsp3) is 0.400. The fourth-order valence-corrected chi connectivity index (χ4v) is 3.64. The average Bonchev–Trinajstić information content (AvgIpc) is 3.27. The van der Waals surface area contributed by atoms with Crippen LogP contribution in [-0.4, -0.2) is 56.4 Å². The van der Waals surface area contributed by atoms with Gasteiger partial charge in [0.25, 0.3) is 0 Å². The molecule has 0 aliphatic carbocycles. The molecule has 1 aromatic carbocycles. The number of hydrogen-bond donors (Lipinski definition) is 1. The van der Waals surface area contributed by atoms with Crippen LogP contribution in [-0.2, 0) is 24.8 Å². The predicted molar refractivity (Wildman–Crippen MR) is 102 cm³/mol. The lowest BCUT2D eigenvalue weighted by Crippen LogP contribution is -2.48. The van der Waals surface area contributed by atoms with Gasteiger partial charge in [0.05, 0.1) is 6.54 Å². The first-order chi connectivity index (χ1) is 12.7. The van der Waals surface area contributed by atoms with Gasteiger partial charge in [-0.25, -0.2) is 4.98 Å². The minimum Gasteiger partial charge on any atom is -0.361 e. The number of fused-ring (bicyclic) bond motifs is 1. The zero-order chi connectivity index (χ0) is 17.9. The number of aryl methyl sites for hydroxylation is 2. The van der Waals surface area contributed by atoms with Crippen molar-refractivity contribution in [3.63, 3.8) is 0 Å². The number of carbonyl (C=O) groups is 1. The third-order valence-corrected chi connectivity index (χ3v) is 5.29. The number of aromatic amines is 1. The number of benzene rings is 1. The molecule has 1 fully saturated rings. The molecular formula is C20H25N5O. The topological polar surface area (TPSA) is 57.2 Å². The number of rotatable bonds is 5. The lowest BCUT2D eigenvalue weighted by molar-refractivity contribution is -0.133. The molecule has 3 heterocycles. The summed E-state index contributed by atoms with van der Waals surface area (Å²) in [5, 5.41) is 1.22. The number of carbonyl (C=O) groups excluding carboxylic acids is 1. The lowest BCUT2D eigenvalue weighted by Gasteiger charge is -2.34. The second-order valence-corrected chi connectivity index (χ2v) is 6.97. The smallest absolute Gasteiger partial charge is 0.222 e. The maximum Gasteiger partial charge on any atom is 0.222 e. The van der Waals surface area contributed by atoms with Crippen molar-refractivity contribution in [2.24, 2.45) is 7.05 Å². The Balaban J connectivity index is 1.28. The SMILES string of the molecule is Cn1ccnc1CN1CCN(C(=O)CCc2c[nH]c3ccccc23)CC1. The number of nitrogens with zero attached hydrogens (tertiary/aromatic N) is 4. The molecule has 26 heavy (non-hydrogen) atoms. The molecule has 0 saturated carbocycles. The second kappa shape index (κ2) is 7.33. The Morgan fingerprint density at radius 1 is 1.19 bits per heavy atom. The van der Waals surface area contributed by atoms with Gasteiger partial charge in [0.15, 0.2) is 0 Å². The molecular weight excluding hydrogens is 326 g/mol. The first-order valence-electron chi connectivity index (χ1n) is 9.22. The van der Waals surface area contributed by atoms with E-state index in [-0.39, 0.29) is 5.91 Å². The zero-order valence-corrected chi connectivity index (χ0v) is 15.2.